The van der Waals surface area contributed by atoms with Gasteiger partial charge < -0.3 is 36.8 Å². The first-order valence-corrected chi connectivity index (χ1v) is 18.8. The topological polar surface area (TPSA) is 190 Å². The summed E-state index contributed by atoms with van der Waals surface area (Å²) in [5, 5.41) is 16.9. The van der Waals surface area contributed by atoms with Crippen molar-refractivity contribution in [2.75, 3.05) is 13.2 Å². The summed E-state index contributed by atoms with van der Waals surface area (Å²) in [6.45, 7) is 9.55. The van der Waals surface area contributed by atoms with E-state index >= 15 is 0 Å². The number of likely N-dealkylation sites (tertiary alicyclic amines) is 1. The number of nitrogens with two attached hydrogens (primary N) is 2. The lowest BCUT2D eigenvalue weighted by Gasteiger charge is -2.35. The third kappa shape index (κ3) is 12.1. The fourth-order valence-corrected chi connectivity index (χ4v) is 7.24. The number of rotatable bonds is 16. The van der Waals surface area contributed by atoms with E-state index in [1.165, 1.54) is 4.90 Å². The number of aryl methyl sites for hydroxylation is 2. The summed E-state index contributed by atoms with van der Waals surface area (Å²) in [4.78, 5) is 58.7. The summed E-state index contributed by atoms with van der Waals surface area (Å²) in [5.41, 5.74) is 16.0. The molecule has 0 saturated carbocycles. The van der Waals surface area contributed by atoms with Crippen molar-refractivity contribution in [1.29, 1.82) is 0 Å². The zero-order chi connectivity index (χ0) is 38.2. The molecule has 4 amide bonds. The van der Waals surface area contributed by atoms with Crippen LogP contribution < -0.4 is 26.8 Å². The Kier molecular flexibility index (Phi) is 16.1. The van der Waals surface area contributed by atoms with Crippen molar-refractivity contribution in [2.45, 2.75) is 103 Å². The van der Waals surface area contributed by atoms with E-state index in [1.54, 1.807) is 23.5 Å². The Labute approximate surface area is 326 Å². The number of aliphatic hydroxyl groups excluding tert-OH is 1. The van der Waals surface area contributed by atoms with Gasteiger partial charge >= 0.3 is 0 Å². The van der Waals surface area contributed by atoms with Crippen molar-refractivity contribution in [1.82, 2.24) is 20.5 Å². The Bertz CT molecular complexity index is 1720. The fraction of sp³-hybridized carbons (Fsp3) is 0.500. The lowest BCUT2D eigenvalue weighted by molar-refractivity contribution is -0.144. The second-order valence-electron chi connectivity index (χ2n) is 14.5. The van der Waals surface area contributed by atoms with Gasteiger partial charge in [0.2, 0.25) is 23.6 Å². The van der Waals surface area contributed by atoms with Gasteiger partial charge in [-0.15, -0.1) is 23.7 Å². The summed E-state index contributed by atoms with van der Waals surface area (Å²) >= 11 is 8.17. The molecule has 0 bridgehead atoms. The number of primary amides is 1. The molecule has 2 aromatic carbocycles. The molecule has 3 unspecified atom stereocenters. The SMILES string of the molecule is Cc1ncsc1-c1ccc(C(C)NC(=O)[C@@H]2C[C@@H](O)CN2C(=O)C(NC(=O)CCCc2cccc(OCC(N)CCC(N)=O)c2Cl)C(C)(C)C)cc1.Cl. The van der Waals surface area contributed by atoms with Gasteiger partial charge in [0.1, 0.15) is 24.4 Å². The first-order chi connectivity index (χ1) is 24.5. The first kappa shape index (κ1) is 43.7. The average molecular weight is 792 g/mol. The molecular weight excluding hydrogens is 739 g/mol. The largest absolute Gasteiger partial charge is 0.490 e. The predicted octanol–water partition coefficient (Wildman–Crippen LogP) is 4.86. The molecule has 1 fully saturated rings. The second-order valence-corrected chi connectivity index (χ2v) is 15.8. The van der Waals surface area contributed by atoms with Crippen LogP contribution in [0.3, 0.4) is 0 Å². The van der Waals surface area contributed by atoms with Gasteiger partial charge in [0.05, 0.1) is 33.3 Å². The van der Waals surface area contributed by atoms with Gasteiger partial charge in [-0.2, -0.15) is 0 Å². The Morgan fingerprint density at radius 1 is 1.11 bits per heavy atom. The number of carbonyl (C=O) groups excluding carboxylic acids is 4. The van der Waals surface area contributed by atoms with Crippen LogP contribution in [0.5, 0.6) is 5.75 Å². The van der Waals surface area contributed by atoms with Crippen molar-refractivity contribution in [3.05, 3.63) is 69.8 Å². The quantitative estimate of drug-likeness (QED) is 0.136. The molecule has 53 heavy (non-hydrogen) atoms. The molecule has 5 atom stereocenters. The van der Waals surface area contributed by atoms with Crippen LogP contribution in [0.2, 0.25) is 5.02 Å². The number of halogens is 2. The smallest absolute Gasteiger partial charge is 0.246 e. The molecule has 4 rings (SSSR count). The predicted molar refractivity (Wildman–Crippen MR) is 210 cm³/mol. The zero-order valence-corrected chi connectivity index (χ0v) is 33.3. The molecule has 7 N–H and O–H groups in total. The minimum atomic E-state index is -0.931. The molecule has 15 heteroatoms. The number of ether oxygens (including phenoxy) is 1. The number of nitrogens with one attached hydrogen (secondary N) is 2. The molecule has 3 aromatic rings. The monoisotopic (exact) mass is 790 g/mol. The Morgan fingerprint density at radius 3 is 2.43 bits per heavy atom. The van der Waals surface area contributed by atoms with Crippen molar-refractivity contribution in [3.63, 3.8) is 0 Å². The summed E-state index contributed by atoms with van der Waals surface area (Å²) < 4.78 is 5.78. The highest BCUT2D eigenvalue weighted by molar-refractivity contribution is 7.13. The Balaban J connectivity index is 0.00000756. The van der Waals surface area contributed by atoms with E-state index in [4.69, 9.17) is 27.8 Å². The van der Waals surface area contributed by atoms with Crippen LogP contribution in [0.15, 0.2) is 48.0 Å². The number of β-amino-alcohol motifs (C(OH)–C–C–N with tert-alkyl or cyclic N) is 1. The number of nitrogens with zero attached hydrogens (tertiary/aromatic N) is 2. The molecular formula is C38H52Cl2N6O6S. The highest BCUT2D eigenvalue weighted by Gasteiger charge is 2.44. The van der Waals surface area contributed by atoms with E-state index in [0.29, 0.717) is 30.0 Å². The van der Waals surface area contributed by atoms with Gasteiger partial charge in [-0.3, -0.25) is 19.2 Å². The maximum absolute atomic E-state index is 14.0. The number of aliphatic hydroxyl groups is 1. The van der Waals surface area contributed by atoms with Gasteiger partial charge in [-0.05, 0) is 61.3 Å². The minimum Gasteiger partial charge on any atom is -0.490 e. The van der Waals surface area contributed by atoms with Crippen LogP contribution in [-0.2, 0) is 25.6 Å². The molecule has 2 heterocycles. The molecule has 1 aliphatic rings. The number of amides is 4. The van der Waals surface area contributed by atoms with Crippen LogP contribution in [0.4, 0.5) is 0 Å². The van der Waals surface area contributed by atoms with Gasteiger partial charge in [-0.1, -0.05) is 68.8 Å². The molecule has 0 aliphatic carbocycles. The van der Waals surface area contributed by atoms with E-state index in [1.807, 2.05) is 70.5 Å². The van der Waals surface area contributed by atoms with Gasteiger partial charge in [-0.25, -0.2) is 4.98 Å². The van der Waals surface area contributed by atoms with Gasteiger partial charge in [0.25, 0.3) is 0 Å². The molecule has 0 radical (unpaired) electrons. The van der Waals surface area contributed by atoms with Gasteiger partial charge in [0.15, 0.2) is 0 Å². The van der Waals surface area contributed by atoms with E-state index < -0.39 is 35.4 Å². The van der Waals surface area contributed by atoms with Crippen molar-refractivity contribution >= 4 is 59.0 Å². The van der Waals surface area contributed by atoms with Crippen molar-refractivity contribution in [2.24, 2.45) is 16.9 Å². The molecule has 1 aliphatic heterocycles. The number of hydrogen-bond donors (Lipinski definition) is 5. The summed E-state index contributed by atoms with van der Waals surface area (Å²) in [7, 11) is 0. The third-order valence-corrected chi connectivity index (χ3v) is 10.6. The van der Waals surface area contributed by atoms with Crippen LogP contribution in [0.1, 0.15) is 82.7 Å². The number of carbonyl (C=O) groups is 4. The summed E-state index contributed by atoms with van der Waals surface area (Å²) in [6, 6.07) is 10.8. The Morgan fingerprint density at radius 2 is 1.81 bits per heavy atom. The van der Waals surface area contributed by atoms with E-state index in [2.05, 4.69) is 15.6 Å². The number of hydrogen-bond acceptors (Lipinski definition) is 9. The van der Waals surface area contributed by atoms with Crippen LogP contribution in [0.25, 0.3) is 10.4 Å². The number of aromatic nitrogens is 1. The first-order valence-electron chi connectivity index (χ1n) is 17.6. The number of benzene rings is 2. The average Bonchev–Trinajstić information content (AvgIpc) is 3.70. The second kappa shape index (κ2) is 19.5. The standard InChI is InChI=1S/C38H51ClN6O6S.ClH/c1-22(24-12-14-26(15-13-24)34-23(2)42-21-52-34)43-36(49)29-18-28(46)19-45(29)37(50)35(38(3,4)5)44-32(48)11-7-9-25-8-6-10-30(33(25)39)51-20-27(40)16-17-31(41)47;/h6,8,10,12-15,21-22,27-29,35,46H,7,9,11,16-20,40H2,1-5H3,(H2,41,47)(H,43,49)(H,44,48);1H/t22?,27?,28-,29+,35?;/m1./s1. The van der Waals surface area contributed by atoms with Gasteiger partial charge in [0, 0.05) is 31.8 Å². The molecule has 12 nitrogen and oxygen atoms in total. The highest BCUT2D eigenvalue weighted by atomic mass is 35.5. The van der Waals surface area contributed by atoms with E-state index in [0.717, 1.165) is 27.3 Å². The third-order valence-electron chi connectivity index (χ3n) is 9.17. The lowest BCUT2D eigenvalue weighted by Crippen LogP contribution is -2.57. The van der Waals surface area contributed by atoms with Crippen LogP contribution >= 0.6 is 35.3 Å². The fourth-order valence-electron chi connectivity index (χ4n) is 6.16. The Hall–Kier alpha value is -3.75. The summed E-state index contributed by atoms with van der Waals surface area (Å²) in [5.74, 6) is -1.07. The zero-order valence-electron chi connectivity index (χ0n) is 30.9. The normalized spacial score (nSPS) is 17.3. The number of thiazole rings is 1. The maximum Gasteiger partial charge on any atom is 0.246 e. The molecule has 0 spiro atoms. The van der Waals surface area contributed by atoms with Crippen molar-refractivity contribution < 1.29 is 29.0 Å². The molecule has 290 valence electrons. The van der Waals surface area contributed by atoms with Crippen LogP contribution in [0, 0.1) is 12.3 Å². The van der Waals surface area contributed by atoms with Crippen molar-refractivity contribution in [3.8, 4) is 16.2 Å². The van der Waals surface area contributed by atoms with E-state index in [-0.39, 0.29) is 68.7 Å². The van der Waals surface area contributed by atoms with Crippen LogP contribution in [-0.4, -0.2) is 76.0 Å². The lowest BCUT2D eigenvalue weighted by atomic mass is 9.85. The highest BCUT2D eigenvalue weighted by Crippen LogP contribution is 2.31. The molecule has 1 aromatic heterocycles. The molecule has 1 saturated heterocycles. The summed E-state index contributed by atoms with van der Waals surface area (Å²) in [6.07, 6.45) is 0.860. The van der Waals surface area contributed by atoms with E-state index in [9.17, 15) is 24.3 Å². The maximum atomic E-state index is 14.0. The minimum absolute atomic E-state index is 0.